The van der Waals surface area contributed by atoms with E-state index in [4.69, 9.17) is 10.5 Å². The van der Waals surface area contributed by atoms with Crippen LogP contribution in [0.25, 0.3) is 0 Å². The van der Waals surface area contributed by atoms with Gasteiger partial charge in [-0.15, -0.1) is 0 Å². The molecule has 0 saturated carbocycles. The Hall–Kier alpha value is -1.11. The number of ether oxygens (including phenoxy) is 1. The molecule has 1 aromatic carbocycles. The lowest BCUT2D eigenvalue weighted by Crippen LogP contribution is -2.41. The maximum absolute atomic E-state index is 12.5. The Kier molecular flexibility index (Phi) is 4.36. The second kappa shape index (κ2) is 5.71. The number of nitrogens with one attached hydrogen (secondary N) is 1. The van der Waals surface area contributed by atoms with Crippen molar-refractivity contribution in [2.45, 2.75) is 50.7 Å². The van der Waals surface area contributed by atoms with E-state index in [9.17, 15) is 8.42 Å². The van der Waals surface area contributed by atoms with Crippen LogP contribution in [0, 0.1) is 13.8 Å². The zero-order valence-corrected chi connectivity index (χ0v) is 13.0. The zero-order valence-electron chi connectivity index (χ0n) is 12.1. The molecule has 2 rings (SSSR count). The minimum absolute atomic E-state index is 0.0489. The lowest BCUT2D eigenvalue weighted by Gasteiger charge is -2.21. The number of aryl methyl sites for hydroxylation is 1. The van der Waals surface area contributed by atoms with Crippen LogP contribution < -0.4 is 10.5 Å². The fourth-order valence-corrected chi connectivity index (χ4v) is 4.14. The van der Waals surface area contributed by atoms with Crippen molar-refractivity contribution in [3.63, 3.8) is 0 Å². The topological polar surface area (TPSA) is 81.4 Å². The van der Waals surface area contributed by atoms with Gasteiger partial charge in [0.05, 0.1) is 11.0 Å². The zero-order chi connectivity index (χ0) is 14.9. The standard InChI is InChI=1S/C14H22N2O3S/c1-9-7-12(15)10(2)14(8-9)20(17,18)16-11(3)13-5-4-6-19-13/h7-8,11,13,16H,4-6,15H2,1-3H3. The van der Waals surface area contributed by atoms with E-state index in [1.165, 1.54) is 0 Å². The van der Waals surface area contributed by atoms with Crippen LogP contribution in [0.3, 0.4) is 0 Å². The van der Waals surface area contributed by atoms with E-state index in [1.807, 2.05) is 13.8 Å². The van der Waals surface area contributed by atoms with Crippen molar-refractivity contribution in [2.24, 2.45) is 0 Å². The number of nitrogen functional groups attached to an aromatic ring is 1. The maximum Gasteiger partial charge on any atom is 0.241 e. The highest BCUT2D eigenvalue weighted by molar-refractivity contribution is 7.89. The van der Waals surface area contributed by atoms with Gasteiger partial charge in [-0.25, -0.2) is 13.1 Å². The molecule has 20 heavy (non-hydrogen) atoms. The normalized spacial score (nSPS) is 21.1. The van der Waals surface area contributed by atoms with Crippen LogP contribution in [0.1, 0.15) is 30.9 Å². The van der Waals surface area contributed by atoms with Crippen LogP contribution in [0.2, 0.25) is 0 Å². The Labute approximate surface area is 120 Å². The van der Waals surface area contributed by atoms with Crippen molar-refractivity contribution in [3.05, 3.63) is 23.3 Å². The summed E-state index contributed by atoms with van der Waals surface area (Å²) in [7, 11) is -3.58. The van der Waals surface area contributed by atoms with Gasteiger partial charge in [-0.05, 0) is 56.9 Å². The van der Waals surface area contributed by atoms with Gasteiger partial charge in [0.25, 0.3) is 0 Å². The molecule has 1 aliphatic heterocycles. The summed E-state index contributed by atoms with van der Waals surface area (Å²) in [4.78, 5) is 0.250. The van der Waals surface area contributed by atoms with Gasteiger partial charge in [-0.1, -0.05) is 0 Å². The van der Waals surface area contributed by atoms with Crippen LogP contribution in [-0.2, 0) is 14.8 Å². The number of benzene rings is 1. The highest BCUT2D eigenvalue weighted by Crippen LogP contribution is 2.24. The Bertz CT molecular complexity index is 593. The van der Waals surface area contributed by atoms with Gasteiger partial charge in [0.2, 0.25) is 10.0 Å². The molecule has 3 N–H and O–H groups in total. The van der Waals surface area contributed by atoms with Crippen LogP contribution >= 0.6 is 0 Å². The summed E-state index contributed by atoms with van der Waals surface area (Å²) in [5.74, 6) is 0. The maximum atomic E-state index is 12.5. The minimum atomic E-state index is -3.58. The van der Waals surface area contributed by atoms with Crippen molar-refractivity contribution in [3.8, 4) is 0 Å². The first kappa shape index (κ1) is 15.3. The SMILES string of the molecule is Cc1cc(N)c(C)c(S(=O)(=O)NC(C)C2CCCO2)c1. The van der Waals surface area contributed by atoms with Crippen molar-refractivity contribution in [1.82, 2.24) is 4.72 Å². The summed E-state index contributed by atoms with van der Waals surface area (Å²) in [6.07, 6.45) is 1.82. The third-order valence-corrected chi connectivity index (χ3v) is 5.38. The third-order valence-electron chi connectivity index (χ3n) is 3.70. The van der Waals surface area contributed by atoms with Crippen LogP contribution in [0.15, 0.2) is 17.0 Å². The Morgan fingerprint density at radius 1 is 1.40 bits per heavy atom. The molecule has 0 aliphatic carbocycles. The first-order valence-electron chi connectivity index (χ1n) is 6.82. The van der Waals surface area contributed by atoms with Gasteiger partial charge in [-0.2, -0.15) is 0 Å². The van der Waals surface area contributed by atoms with Crippen molar-refractivity contribution < 1.29 is 13.2 Å². The molecule has 2 unspecified atom stereocenters. The molecule has 112 valence electrons. The molecule has 0 amide bonds. The molecule has 2 atom stereocenters. The third kappa shape index (κ3) is 3.13. The fraction of sp³-hybridized carbons (Fsp3) is 0.571. The van der Waals surface area contributed by atoms with Gasteiger partial charge < -0.3 is 10.5 Å². The number of hydrogen-bond acceptors (Lipinski definition) is 4. The van der Waals surface area contributed by atoms with Crippen LogP contribution in [-0.4, -0.2) is 27.2 Å². The molecule has 1 aliphatic rings. The van der Waals surface area contributed by atoms with E-state index in [0.29, 0.717) is 17.9 Å². The molecular weight excluding hydrogens is 276 g/mol. The Balaban J connectivity index is 2.26. The largest absolute Gasteiger partial charge is 0.398 e. The first-order valence-corrected chi connectivity index (χ1v) is 8.30. The summed E-state index contributed by atoms with van der Waals surface area (Å²) >= 11 is 0. The van der Waals surface area contributed by atoms with Crippen LogP contribution in [0.5, 0.6) is 0 Å². The molecule has 1 fully saturated rings. The second-order valence-corrected chi connectivity index (χ2v) is 7.12. The summed E-state index contributed by atoms with van der Waals surface area (Å²) in [5, 5.41) is 0. The van der Waals surface area contributed by atoms with E-state index < -0.39 is 10.0 Å². The first-order chi connectivity index (χ1) is 9.31. The summed E-state index contributed by atoms with van der Waals surface area (Å²) in [5.41, 5.74) is 7.77. The van der Waals surface area contributed by atoms with Gasteiger partial charge in [-0.3, -0.25) is 0 Å². The summed E-state index contributed by atoms with van der Waals surface area (Å²) in [6, 6.07) is 3.18. The molecule has 1 heterocycles. The molecule has 5 nitrogen and oxygen atoms in total. The molecule has 0 spiro atoms. The number of hydrogen-bond donors (Lipinski definition) is 2. The smallest absolute Gasteiger partial charge is 0.241 e. The lowest BCUT2D eigenvalue weighted by atomic mass is 10.1. The summed E-state index contributed by atoms with van der Waals surface area (Å²) in [6.45, 7) is 6.09. The van der Waals surface area contributed by atoms with Crippen molar-refractivity contribution in [1.29, 1.82) is 0 Å². The summed E-state index contributed by atoms with van der Waals surface area (Å²) < 4.78 is 33.2. The van der Waals surface area contributed by atoms with Gasteiger partial charge in [0, 0.05) is 18.3 Å². The number of anilines is 1. The van der Waals surface area contributed by atoms with Gasteiger partial charge in [0.15, 0.2) is 0 Å². The van der Waals surface area contributed by atoms with E-state index in [1.54, 1.807) is 19.1 Å². The molecule has 0 aromatic heterocycles. The molecule has 0 bridgehead atoms. The molecule has 1 saturated heterocycles. The monoisotopic (exact) mass is 298 g/mol. The predicted molar refractivity (Wildman–Crippen MR) is 79.1 cm³/mol. The van der Waals surface area contributed by atoms with Gasteiger partial charge in [0.1, 0.15) is 0 Å². The van der Waals surface area contributed by atoms with E-state index in [0.717, 1.165) is 18.4 Å². The van der Waals surface area contributed by atoms with Crippen molar-refractivity contribution in [2.75, 3.05) is 12.3 Å². The average molecular weight is 298 g/mol. The molecule has 6 heteroatoms. The molecule has 1 aromatic rings. The number of rotatable bonds is 4. The van der Waals surface area contributed by atoms with Crippen molar-refractivity contribution >= 4 is 15.7 Å². The minimum Gasteiger partial charge on any atom is -0.398 e. The van der Waals surface area contributed by atoms with Crippen LogP contribution in [0.4, 0.5) is 5.69 Å². The quantitative estimate of drug-likeness (QED) is 0.830. The van der Waals surface area contributed by atoms with E-state index in [2.05, 4.69) is 4.72 Å². The van der Waals surface area contributed by atoms with Gasteiger partial charge >= 0.3 is 0 Å². The number of sulfonamides is 1. The lowest BCUT2D eigenvalue weighted by molar-refractivity contribution is 0.0902. The highest BCUT2D eigenvalue weighted by Gasteiger charge is 2.28. The molecule has 0 radical (unpaired) electrons. The van der Waals surface area contributed by atoms with E-state index in [-0.39, 0.29) is 17.0 Å². The fourth-order valence-electron chi connectivity index (χ4n) is 2.51. The average Bonchev–Trinajstić information content (AvgIpc) is 2.86. The van der Waals surface area contributed by atoms with E-state index >= 15 is 0 Å². The Morgan fingerprint density at radius 3 is 2.70 bits per heavy atom. The Morgan fingerprint density at radius 2 is 2.10 bits per heavy atom. The highest BCUT2D eigenvalue weighted by atomic mass is 32.2. The molecular formula is C14H22N2O3S. The number of nitrogens with two attached hydrogens (primary N) is 1. The predicted octanol–water partition coefficient (Wildman–Crippen LogP) is 1.73. The second-order valence-electron chi connectivity index (χ2n) is 5.44.